The van der Waals surface area contributed by atoms with Crippen LogP contribution in [-0.4, -0.2) is 34.3 Å². The van der Waals surface area contributed by atoms with Crippen molar-refractivity contribution in [3.63, 3.8) is 0 Å². The van der Waals surface area contributed by atoms with Crippen LogP contribution in [0.15, 0.2) is 11.1 Å². The quantitative estimate of drug-likeness (QED) is 0.336. The van der Waals surface area contributed by atoms with E-state index >= 15 is 0 Å². The molecule has 3 N–H and O–H groups in total. The van der Waals surface area contributed by atoms with Gasteiger partial charge in [0.25, 0.3) is 0 Å². The van der Waals surface area contributed by atoms with Gasteiger partial charge in [0, 0.05) is 25.8 Å². The van der Waals surface area contributed by atoms with E-state index in [0.717, 1.165) is 37.9 Å². The minimum absolute atomic E-state index is 0. The van der Waals surface area contributed by atoms with E-state index < -0.39 is 5.60 Å². The Hall–Kier alpha value is -0.180. The van der Waals surface area contributed by atoms with Gasteiger partial charge in [-0.05, 0) is 25.8 Å². The summed E-state index contributed by atoms with van der Waals surface area (Å²) in [6.07, 6.45) is 5.09. The van der Waals surface area contributed by atoms with Crippen molar-refractivity contribution in [2.75, 3.05) is 13.1 Å². The molecule has 1 heterocycles. The van der Waals surface area contributed by atoms with Crippen LogP contribution in [0.1, 0.15) is 44.7 Å². The van der Waals surface area contributed by atoms with Crippen LogP contribution in [0.5, 0.6) is 0 Å². The van der Waals surface area contributed by atoms with Crippen molar-refractivity contribution in [2.45, 2.75) is 51.2 Å². The Morgan fingerprint density at radius 2 is 1.96 bits per heavy atom. The van der Waals surface area contributed by atoms with Crippen molar-refractivity contribution in [2.24, 2.45) is 12.0 Å². The lowest BCUT2D eigenvalue weighted by molar-refractivity contribution is 0.00859. The molecule has 1 aromatic rings. The molecule has 0 aromatic carbocycles. The van der Waals surface area contributed by atoms with E-state index in [1.807, 2.05) is 24.6 Å². The van der Waals surface area contributed by atoms with Gasteiger partial charge in [-0.2, -0.15) is 0 Å². The Kier molecular flexibility index (Phi) is 9.19. The normalized spacial score (nSPS) is 17.3. The Morgan fingerprint density at radius 3 is 2.50 bits per heavy atom. The maximum absolute atomic E-state index is 10.6. The Labute approximate surface area is 171 Å². The largest absolute Gasteiger partial charge is 0.388 e. The van der Waals surface area contributed by atoms with Gasteiger partial charge in [-0.25, -0.2) is 4.99 Å². The molecule has 24 heavy (non-hydrogen) atoms. The Bertz CT molecular complexity index is 557. The summed E-state index contributed by atoms with van der Waals surface area (Å²) in [5.41, 5.74) is 0.319. The smallest absolute Gasteiger partial charge is 0.191 e. The van der Waals surface area contributed by atoms with E-state index in [1.165, 1.54) is 6.42 Å². The number of aromatic nitrogens is 1. The van der Waals surface area contributed by atoms with Crippen LogP contribution in [0, 0.1) is 0 Å². The zero-order chi connectivity index (χ0) is 16.9. The number of hydrogen-bond donors (Lipinski definition) is 3. The standard InChI is InChI=1S/C16H26Cl2N4O.HI/c1-3-19-15(21-11-16(23)7-5-4-6-8-16)20-10-12-9-13(17)14(18)22(12)2;/h9,23H,3-8,10-11H2,1-2H3,(H2,19,20,21);1H. The fourth-order valence-corrected chi connectivity index (χ4v) is 3.29. The molecule has 0 atom stereocenters. The first-order chi connectivity index (χ1) is 10.9. The van der Waals surface area contributed by atoms with Crippen LogP contribution in [0.3, 0.4) is 0 Å². The number of rotatable bonds is 5. The van der Waals surface area contributed by atoms with Crippen LogP contribution in [0.25, 0.3) is 0 Å². The maximum Gasteiger partial charge on any atom is 0.191 e. The van der Waals surface area contributed by atoms with E-state index in [0.29, 0.717) is 29.2 Å². The highest BCUT2D eigenvalue weighted by Gasteiger charge is 2.29. The summed E-state index contributed by atoms with van der Waals surface area (Å²) in [4.78, 5) is 4.56. The summed E-state index contributed by atoms with van der Waals surface area (Å²) in [5, 5.41) is 18.1. The van der Waals surface area contributed by atoms with E-state index in [-0.39, 0.29) is 24.0 Å². The van der Waals surface area contributed by atoms with Crippen molar-refractivity contribution in [3.05, 3.63) is 21.9 Å². The molecule has 5 nitrogen and oxygen atoms in total. The molecule has 0 aliphatic heterocycles. The van der Waals surface area contributed by atoms with Crippen LogP contribution >= 0.6 is 47.2 Å². The third-order valence-electron chi connectivity index (χ3n) is 4.33. The van der Waals surface area contributed by atoms with E-state index in [4.69, 9.17) is 23.2 Å². The average molecular weight is 489 g/mol. The summed E-state index contributed by atoms with van der Waals surface area (Å²) in [6.45, 7) is 3.77. The van der Waals surface area contributed by atoms with E-state index in [2.05, 4.69) is 15.6 Å². The maximum atomic E-state index is 10.6. The molecule has 1 aromatic heterocycles. The molecular formula is C16H27Cl2IN4O. The number of nitrogens with zero attached hydrogens (tertiary/aromatic N) is 2. The van der Waals surface area contributed by atoms with Crippen LogP contribution in [0.2, 0.25) is 10.2 Å². The second-order valence-corrected chi connectivity index (χ2v) is 6.93. The monoisotopic (exact) mass is 488 g/mol. The first-order valence-electron chi connectivity index (χ1n) is 8.19. The Morgan fingerprint density at radius 1 is 1.29 bits per heavy atom. The number of aliphatic hydroxyl groups is 1. The fourth-order valence-electron chi connectivity index (χ4n) is 2.88. The summed E-state index contributed by atoms with van der Waals surface area (Å²) in [6, 6.07) is 1.83. The molecule has 0 radical (unpaired) electrons. The molecule has 0 unspecified atom stereocenters. The van der Waals surface area contributed by atoms with Gasteiger partial charge in [-0.15, -0.1) is 24.0 Å². The molecule has 8 heteroatoms. The topological polar surface area (TPSA) is 61.6 Å². The van der Waals surface area contributed by atoms with Gasteiger partial charge in [0.15, 0.2) is 5.96 Å². The van der Waals surface area contributed by atoms with Gasteiger partial charge in [0.1, 0.15) is 5.15 Å². The third kappa shape index (κ3) is 5.97. The number of aliphatic imine (C=N–C) groups is 1. The van der Waals surface area contributed by atoms with Crippen LogP contribution in [0.4, 0.5) is 0 Å². The summed E-state index contributed by atoms with van der Waals surface area (Å²) in [7, 11) is 1.87. The number of hydrogen-bond acceptors (Lipinski definition) is 2. The lowest BCUT2D eigenvalue weighted by Gasteiger charge is -2.32. The highest BCUT2D eigenvalue weighted by atomic mass is 127. The molecular weight excluding hydrogens is 462 g/mol. The molecule has 2 rings (SSSR count). The average Bonchev–Trinajstić information content (AvgIpc) is 2.78. The molecule has 1 fully saturated rings. The predicted octanol–water partition coefficient (Wildman–Crippen LogP) is 3.70. The molecule has 0 saturated heterocycles. The lowest BCUT2D eigenvalue weighted by Crippen LogP contribution is -2.48. The highest BCUT2D eigenvalue weighted by Crippen LogP contribution is 2.27. The van der Waals surface area contributed by atoms with Crippen molar-refractivity contribution in [1.82, 2.24) is 15.2 Å². The van der Waals surface area contributed by atoms with Gasteiger partial charge in [0.2, 0.25) is 0 Å². The third-order valence-corrected chi connectivity index (χ3v) is 5.17. The van der Waals surface area contributed by atoms with Crippen LogP contribution < -0.4 is 10.6 Å². The first kappa shape index (κ1) is 21.9. The van der Waals surface area contributed by atoms with E-state index in [9.17, 15) is 5.11 Å². The zero-order valence-corrected chi connectivity index (χ0v) is 18.1. The summed E-state index contributed by atoms with van der Waals surface area (Å²) < 4.78 is 1.83. The number of halogens is 3. The Balaban J connectivity index is 0.00000288. The zero-order valence-electron chi connectivity index (χ0n) is 14.2. The second-order valence-electron chi connectivity index (χ2n) is 6.17. The molecule has 1 aliphatic carbocycles. The SMILES string of the molecule is CCNC(=NCc1cc(Cl)c(Cl)n1C)NCC1(O)CCCCC1.I. The van der Waals surface area contributed by atoms with Crippen LogP contribution in [-0.2, 0) is 13.6 Å². The van der Waals surface area contributed by atoms with Gasteiger partial charge < -0.3 is 20.3 Å². The molecule has 1 saturated carbocycles. The van der Waals surface area contributed by atoms with E-state index in [1.54, 1.807) is 0 Å². The van der Waals surface area contributed by atoms with Crippen molar-refractivity contribution in [1.29, 1.82) is 0 Å². The highest BCUT2D eigenvalue weighted by molar-refractivity contribution is 14.0. The molecule has 138 valence electrons. The summed E-state index contributed by atoms with van der Waals surface area (Å²) >= 11 is 12.1. The van der Waals surface area contributed by atoms with Gasteiger partial charge in [-0.1, -0.05) is 42.5 Å². The minimum Gasteiger partial charge on any atom is -0.388 e. The van der Waals surface area contributed by atoms with Gasteiger partial charge in [0.05, 0.1) is 17.2 Å². The van der Waals surface area contributed by atoms with Gasteiger partial charge in [-0.3, -0.25) is 0 Å². The van der Waals surface area contributed by atoms with Gasteiger partial charge >= 0.3 is 0 Å². The van der Waals surface area contributed by atoms with Crippen molar-refractivity contribution < 1.29 is 5.11 Å². The predicted molar refractivity (Wildman–Crippen MR) is 112 cm³/mol. The lowest BCUT2D eigenvalue weighted by atomic mass is 9.85. The summed E-state index contributed by atoms with van der Waals surface area (Å²) in [5.74, 6) is 0.694. The first-order valence-corrected chi connectivity index (χ1v) is 8.95. The molecule has 0 bridgehead atoms. The molecule has 0 amide bonds. The number of nitrogens with one attached hydrogen (secondary N) is 2. The van der Waals surface area contributed by atoms with Crippen molar-refractivity contribution in [3.8, 4) is 0 Å². The van der Waals surface area contributed by atoms with Crippen molar-refractivity contribution >= 4 is 53.1 Å². The fraction of sp³-hybridized carbons (Fsp3) is 0.688. The molecule has 1 aliphatic rings. The number of guanidine groups is 1. The minimum atomic E-state index is -0.619. The second kappa shape index (κ2) is 10.1. The molecule has 0 spiro atoms.